The van der Waals surface area contributed by atoms with Crippen LogP contribution in [0, 0.1) is 5.82 Å². The number of nitrogens with one attached hydrogen (secondary N) is 2. The fourth-order valence-electron chi connectivity index (χ4n) is 3.14. The number of aliphatic hydroxyl groups is 1. The number of benzene rings is 2. The van der Waals surface area contributed by atoms with E-state index in [0.717, 1.165) is 12.5 Å². The van der Waals surface area contributed by atoms with Crippen LogP contribution < -0.4 is 5.32 Å². The first-order valence-corrected chi connectivity index (χ1v) is 9.72. The molecule has 0 aliphatic heterocycles. The Morgan fingerprint density at radius 2 is 1.90 bits per heavy atom. The van der Waals surface area contributed by atoms with Crippen LogP contribution in [-0.4, -0.2) is 48.9 Å². The van der Waals surface area contributed by atoms with Crippen molar-refractivity contribution in [1.29, 1.82) is 0 Å². The molecular formula is C21H20ClFN4O4. The smallest absolute Gasteiger partial charge is 0.335 e. The van der Waals surface area contributed by atoms with E-state index >= 15 is 0 Å². The van der Waals surface area contributed by atoms with Crippen LogP contribution in [0.3, 0.4) is 0 Å². The number of hydrogen-bond acceptors (Lipinski definition) is 5. The number of amides is 1. The average molecular weight is 447 g/mol. The molecule has 4 N–H and O–H groups in total. The number of carboxylic acids is 1. The number of hydrogen-bond donors (Lipinski definition) is 4. The van der Waals surface area contributed by atoms with E-state index in [1.54, 1.807) is 42.5 Å². The number of carboxylic acid groups (broad SMARTS) is 1. The van der Waals surface area contributed by atoms with Gasteiger partial charge in [0.25, 0.3) is 5.91 Å². The minimum absolute atomic E-state index is 0.0667. The van der Waals surface area contributed by atoms with Crippen molar-refractivity contribution in [2.24, 2.45) is 0 Å². The normalized spacial score (nSPS) is 13.9. The summed E-state index contributed by atoms with van der Waals surface area (Å²) in [5.74, 6) is -2.64. The number of aromatic nitrogens is 3. The molecule has 162 valence electrons. The van der Waals surface area contributed by atoms with Gasteiger partial charge < -0.3 is 15.5 Å². The van der Waals surface area contributed by atoms with Crippen LogP contribution in [0.5, 0.6) is 0 Å². The van der Waals surface area contributed by atoms with E-state index < -0.39 is 23.5 Å². The van der Waals surface area contributed by atoms with Gasteiger partial charge in [0.05, 0.1) is 0 Å². The van der Waals surface area contributed by atoms with Crippen molar-refractivity contribution in [3.63, 3.8) is 0 Å². The maximum Gasteiger partial charge on any atom is 0.335 e. The molecule has 1 amide bonds. The Bertz CT molecular complexity index is 1080. The van der Waals surface area contributed by atoms with Crippen LogP contribution >= 0.6 is 11.6 Å². The van der Waals surface area contributed by atoms with Crippen molar-refractivity contribution in [2.75, 3.05) is 0 Å². The lowest BCUT2D eigenvalue weighted by Crippen LogP contribution is -2.46. The van der Waals surface area contributed by atoms with Gasteiger partial charge in [-0.2, -0.15) is 4.98 Å². The maximum atomic E-state index is 14.0. The van der Waals surface area contributed by atoms with Crippen LogP contribution in [0.25, 0.3) is 11.1 Å². The largest absolute Gasteiger partial charge is 0.479 e. The van der Waals surface area contributed by atoms with E-state index in [9.17, 15) is 24.2 Å². The van der Waals surface area contributed by atoms with E-state index in [-0.39, 0.29) is 29.8 Å². The Morgan fingerprint density at radius 1 is 1.23 bits per heavy atom. The molecule has 0 saturated carbocycles. The molecule has 31 heavy (non-hydrogen) atoms. The van der Waals surface area contributed by atoms with Crippen LogP contribution in [0.1, 0.15) is 29.5 Å². The van der Waals surface area contributed by atoms with Crippen molar-refractivity contribution in [1.82, 2.24) is 20.5 Å². The van der Waals surface area contributed by atoms with Crippen LogP contribution in [0.4, 0.5) is 4.39 Å². The fraction of sp³-hybridized carbons (Fsp3) is 0.238. The standard InChI is InChI=1S/C21H20ClFN4O4/c1-21(31,19(29)30)11-14(24-18(28)17-25-20(22)27-26-17)10-12-6-8-13(9-7-12)15-4-2-3-5-16(15)23/h2-9,14,31H,10-11H2,1H3,(H,24,28)(H,29,30)(H,25,26,27)/t14-,21-/m0/s1. The highest BCUT2D eigenvalue weighted by atomic mass is 35.5. The number of halogens is 2. The number of aromatic amines is 1. The maximum absolute atomic E-state index is 14.0. The minimum atomic E-state index is -2.07. The van der Waals surface area contributed by atoms with Crippen molar-refractivity contribution in [2.45, 2.75) is 31.4 Å². The quantitative estimate of drug-likeness (QED) is 0.421. The molecule has 1 heterocycles. The summed E-state index contributed by atoms with van der Waals surface area (Å²) in [6.07, 6.45) is -0.0494. The zero-order chi connectivity index (χ0) is 22.6. The molecule has 2 aromatic carbocycles. The van der Waals surface area contributed by atoms with Gasteiger partial charge in [0.15, 0.2) is 5.60 Å². The lowest BCUT2D eigenvalue weighted by atomic mass is 9.92. The zero-order valence-electron chi connectivity index (χ0n) is 16.5. The zero-order valence-corrected chi connectivity index (χ0v) is 17.2. The van der Waals surface area contributed by atoms with Crippen molar-refractivity contribution >= 4 is 23.5 Å². The number of H-pyrrole nitrogens is 1. The third-order valence-corrected chi connectivity index (χ3v) is 4.89. The molecule has 0 unspecified atom stereocenters. The van der Waals surface area contributed by atoms with Gasteiger partial charge in [-0.3, -0.25) is 4.79 Å². The average Bonchev–Trinajstić information content (AvgIpc) is 3.15. The second kappa shape index (κ2) is 9.23. The van der Waals surface area contributed by atoms with Gasteiger partial charge in [-0.05, 0) is 42.1 Å². The lowest BCUT2D eigenvalue weighted by molar-refractivity contribution is -0.157. The van der Waals surface area contributed by atoms with Gasteiger partial charge >= 0.3 is 5.97 Å². The van der Waals surface area contributed by atoms with Crippen molar-refractivity contribution in [3.8, 4) is 11.1 Å². The van der Waals surface area contributed by atoms with E-state index in [1.165, 1.54) is 6.07 Å². The van der Waals surface area contributed by atoms with Gasteiger partial charge in [0.1, 0.15) is 5.82 Å². The molecule has 10 heteroatoms. The van der Waals surface area contributed by atoms with Gasteiger partial charge in [-0.15, -0.1) is 5.10 Å². The van der Waals surface area contributed by atoms with Gasteiger partial charge in [-0.1, -0.05) is 42.5 Å². The molecule has 0 radical (unpaired) electrons. The number of rotatable bonds is 8. The fourth-order valence-corrected chi connectivity index (χ4v) is 3.26. The number of nitrogens with zero attached hydrogens (tertiary/aromatic N) is 2. The van der Waals surface area contributed by atoms with Crippen molar-refractivity contribution in [3.05, 3.63) is 71.0 Å². The second-order valence-electron chi connectivity index (χ2n) is 7.28. The molecule has 2 atom stereocenters. The summed E-state index contributed by atoms with van der Waals surface area (Å²) in [6.45, 7) is 1.15. The van der Waals surface area contributed by atoms with E-state index in [1.807, 2.05) is 0 Å². The lowest BCUT2D eigenvalue weighted by Gasteiger charge is -2.25. The molecule has 0 saturated heterocycles. The summed E-state index contributed by atoms with van der Waals surface area (Å²) in [5.41, 5.74) is -0.189. The molecule has 3 aromatic rings. The highest BCUT2D eigenvalue weighted by Crippen LogP contribution is 2.24. The molecule has 1 aromatic heterocycles. The van der Waals surface area contributed by atoms with Gasteiger partial charge in [0.2, 0.25) is 11.1 Å². The SMILES string of the molecule is C[C@](O)(C[C@H](Cc1ccc(-c2ccccc2F)cc1)NC(=O)c1n[nH]c(Cl)n1)C(=O)O. The van der Waals surface area contributed by atoms with E-state index in [4.69, 9.17) is 11.6 Å². The predicted molar refractivity (Wildman–Crippen MR) is 111 cm³/mol. The summed E-state index contributed by atoms with van der Waals surface area (Å²) in [5, 5.41) is 28.0. The van der Waals surface area contributed by atoms with Gasteiger partial charge in [0, 0.05) is 18.0 Å². The summed E-state index contributed by atoms with van der Waals surface area (Å²) in [7, 11) is 0. The first kappa shape index (κ1) is 22.4. The summed E-state index contributed by atoms with van der Waals surface area (Å²) >= 11 is 5.64. The highest BCUT2D eigenvalue weighted by Gasteiger charge is 2.34. The highest BCUT2D eigenvalue weighted by molar-refractivity contribution is 6.28. The molecule has 0 fully saturated rings. The van der Waals surface area contributed by atoms with E-state index in [2.05, 4.69) is 20.5 Å². The Kier molecular flexibility index (Phi) is 6.67. The molecule has 0 spiro atoms. The molecular weight excluding hydrogens is 427 g/mol. The Hall–Kier alpha value is -3.30. The number of carbonyl (C=O) groups is 2. The third kappa shape index (κ3) is 5.65. The molecule has 0 bridgehead atoms. The third-order valence-electron chi connectivity index (χ3n) is 4.72. The summed E-state index contributed by atoms with van der Waals surface area (Å²) in [4.78, 5) is 27.5. The Balaban J connectivity index is 1.79. The van der Waals surface area contributed by atoms with Gasteiger partial charge in [-0.25, -0.2) is 14.3 Å². The van der Waals surface area contributed by atoms with Crippen LogP contribution in [0.15, 0.2) is 48.5 Å². The topological polar surface area (TPSA) is 128 Å². The minimum Gasteiger partial charge on any atom is -0.479 e. The Morgan fingerprint density at radius 3 is 2.48 bits per heavy atom. The first-order valence-electron chi connectivity index (χ1n) is 9.34. The Labute approximate surface area is 182 Å². The molecule has 0 aliphatic rings. The second-order valence-corrected chi connectivity index (χ2v) is 7.64. The number of carbonyl (C=O) groups excluding carboxylic acids is 1. The van der Waals surface area contributed by atoms with E-state index in [0.29, 0.717) is 11.1 Å². The first-order chi connectivity index (χ1) is 14.7. The molecule has 0 aliphatic carbocycles. The monoisotopic (exact) mass is 446 g/mol. The summed E-state index contributed by atoms with van der Waals surface area (Å²) in [6, 6.07) is 12.6. The van der Waals surface area contributed by atoms with Crippen LogP contribution in [0.2, 0.25) is 5.28 Å². The molecule has 3 rings (SSSR count). The molecule has 8 nitrogen and oxygen atoms in total. The number of aliphatic carboxylic acids is 1. The van der Waals surface area contributed by atoms with Crippen molar-refractivity contribution < 1.29 is 24.2 Å². The summed E-state index contributed by atoms with van der Waals surface area (Å²) < 4.78 is 14.0. The predicted octanol–water partition coefficient (Wildman–Crippen LogP) is 2.83. The van der Waals surface area contributed by atoms with Crippen LogP contribution in [-0.2, 0) is 11.2 Å².